The summed E-state index contributed by atoms with van der Waals surface area (Å²) >= 11 is 0. The van der Waals surface area contributed by atoms with Crippen LogP contribution in [0.15, 0.2) is 30.5 Å². The van der Waals surface area contributed by atoms with Crippen LogP contribution in [0.25, 0.3) is 10.8 Å². The van der Waals surface area contributed by atoms with Crippen LogP contribution in [0.1, 0.15) is 83.9 Å². The minimum Gasteiger partial charge on any atom is -0.480 e. The quantitative estimate of drug-likeness (QED) is 0.326. The van der Waals surface area contributed by atoms with Crippen molar-refractivity contribution in [1.82, 2.24) is 20.7 Å². The number of aryl methyl sites for hydroxylation is 1. The van der Waals surface area contributed by atoms with Crippen LogP contribution in [0, 0.1) is 5.92 Å². The number of hydrazine groups is 1. The molecule has 39 heavy (non-hydrogen) atoms. The highest BCUT2D eigenvalue weighted by Gasteiger charge is 2.32. The fraction of sp³-hybridized carbons (Fsp3) is 0.600. The van der Waals surface area contributed by atoms with Gasteiger partial charge in [0.2, 0.25) is 5.91 Å². The molecule has 3 atom stereocenters. The highest BCUT2D eigenvalue weighted by Crippen LogP contribution is 2.22. The molecule has 0 radical (unpaired) electrons. The van der Waals surface area contributed by atoms with E-state index in [9.17, 15) is 19.5 Å². The predicted octanol–water partition coefficient (Wildman–Crippen LogP) is 4.20. The summed E-state index contributed by atoms with van der Waals surface area (Å²) in [5.41, 5.74) is 5.15. The number of nitrogens with one attached hydrogen (secondary N) is 2. The number of aromatic nitrogens is 1. The van der Waals surface area contributed by atoms with E-state index in [0.717, 1.165) is 36.8 Å². The van der Waals surface area contributed by atoms with E-state index >= 15 is 0 Å². The average molecular weight is 541 g/mol. The monoisotopic (exact) mass is 540 g/mol. The molecule has 0 saturated carbocycles. The van der Waals surface area contributed by atoms with Gasteiger partial charge in [0.15, 0.2) is 0 Å². The standard InChI is InChI=1S/C30H44N4O5/c1-19(2)22-12-13-23-18-31-25(17-24(23)16-22)10-7-6-8-15-39-27(20(3)4)28(35)32-21(5)29(36)34-14-9-11-26(33-34)30(37)38/h12-13,16-21,26-27,33H,6-11,14-15H2,1-5H3,(H,32,35)(H,37,38)/t21-,26-,27-/m0/s1. The summed E-state index contributed by atoms with van der Waals surface area (Å²) < 4.78 is 5.94. The lowest BCUT2D eigenvalue weighted by Crippen LogP contribution is -2.59. The molecule has 3 rings (SSSR count). The molecule has 1 aliphatic heterocycles. The highest BCUT2D eigenvalue weighted by atomic mass is 16.5. The minimum absolute atomic E-state index is 0.0608. The van der Waals surface area contributed by atoms with Gasteiger partial charge in [-0.2, -0.15) is 0 Å². The van der Waals surface area contributed by atoms with Crippen LogP contribution in [0.2, 0.25) is 0 Å². The minimum atomic E-state index is -0.994. The van der Waals surface area contributed by atoms with Gasteiger partial charge in [0.05, 0.1) is 0 Å². The lowest BCUT2D eigenvalue weighted by atomic mass is 9.99. The van der Waals surface area contributed by atoms with Gasteiger partial charge in [0.25, 0.3) is 5.91 Å². The van der Waals surface area contributed by atoms with Crippen LogP contribution in [0.4, 0.5) is 0 Å². The SMILES string of the molecule is CC(C)c1ccc2cnc(CCCCCO[C@H](C(=O)N[C@@H](C)C(=O)N3CCC[C@@H](C(=O)O)N3)C(C)C)cc2c1. The molecule has 2 amide bonds. The highest BCUT2D eigenvalue weighted by molar-refractivity contribution is 5.89. The first-order valence-corrected chi connectivity index (χ1v) is 14.2. The second-order valence-corrected chi connectivity index (χ2v) is 11.2. The van der Waals surface area contributed by atoms with Gasteiger partial charge in [-0.25, -0.2) is 5.43 Å². The van der Waals surface area contributed by atoms with Crippen LogP contribution in [-0.2, 0) is 25.5 Å². The molecule has 1 aliphatic rings. The lowest BCUT2D eigenvalue weighted by molar-refractivity contribution is -0.149. The number of carboxylic acids is 1. The molecule has 0 spiro atoms. The van der Waals surface area contributed by atoms with E-state index in [1.54, 1.807) is 6.92 Å². The summed E-state index contributed by atoms with van der Waals surface area (Å²) in [6, 6.07) is 7.14. The molecule has 0 aliphatic carbocycles. The molecular weight excluding hydrogens is 496 g/mol. The maximum atomic E-state index is 12.9. The molecule has 1 saturated heterocycles. The number of carbonyl (C=O) groups is 3. The van der Waals surface area contributed by atoms with Crippen molar-refractivity contribution in [3.05, 3.63) is 41.7 Å². The number of aliphatic carboxylic acids is 1. The Morgan fingerprint density at radius 1 is 1.10 bits per heavy atom. The van der Waals surface area contributed by atoms with Crippen LogP contribution in [0.3, 0.4) is 0 Å². The molecule has 9 nitrogen and oxygen atoms in total. The van der Waals surface area contributed by atoms with Crippen LogP contribution < -0.4 is 10.7 Å². The molecule has 1 fully saturated rings. The smallest absolute Gasteiger partial charge is 0.322 e. The average Bonchev–Trinajstić information content (AvgIpc) is 2.91. The van der Waals surface area contributed by atoms with E-state index in [1.165, 1.54) is 16.0 Å². The number of unbranched alkanes of at least 4 members (excludes halogenated alkanes) is 2. The van der Waals surface area contributed by atoms with Gasteiger partial charge >= 0.3 is 5.97 Å². The molecule has 3 N–H and O–H groups in total. The Labute approximate surface area is 231 Å². The van der Waals surface area contributed by atoms with E-state index in [4.69, 9.17) is 4.74 Å². The normalized spacial score (nSPS) is 17.4. The summed E-state index contributed by atoms with van der Waals surface area (Å²) in [5, 5.41) is 15.7. The molecule has 1 aromatic carbocycles. The summed E-state index contributed by atoms with van der Waals surface area (Å²) in [5.74, 6) is -1.26. The van der Waals surface area contributed by atoms with Crippen LogP contribution in [0.5, 0.6) is 0 Å². The van der Waals surface area contributed by atoms with Crippen molar-refractivity contribution in [1.29, 1.82) is 0 Å². The number of pyridine rings is 1. The molecule has 0 bridgehead atoms. The third-order valence-corrected chi connectivity index (χ3v) is 7.19. The van der Waals surface area contributed by atoms with Crippen molar-refractivity contribution < 1.29 is 24.2 Å². The van der Waals surface area contributed by atoms with E-state index in [1.807, 2.05) is 20.0 Å². The number of hydrogen-bond donors (Lipinski definition) is 3. The third-order valence-electron chi connectivity index (χ3n) is 7.19. The van der Waals surface area contributed by atoms with E-state index in [2.05, 4.69) is 53.8 Å². The summed E-state index contributed by atoms with van der Waals surface area (Å²) in [6.07, 6.45) is 5.98. The predicted molar refractivity (Wildman–Crippen MR) is 151 cm³/mol. The number of benzene rings is 1. The number of nitrogens with zero attached hydrogens (tertiary/aromatic N) is 2. The third kappa shape index (κ3) is 8.73. The van der Waals surface area contributed by atoms with Gasteiger partial charge in [-0.15, -0.1) is 0 Å². The summed E-state index contributed by atoms with van der Waals surface area (Å²) in [6.45, 7) is 10.7. The number of carboxylic acid groups (broad SMARTS) is 1. The second-order valence-electron chi connectivity index (χ2n) is 11.2. The number of carbonyl (C=O) groups excluding carboxylic acids is 2. The van der Waals surface area contributed by atoms with Gasteiger partial charge in [-0.05, 0) is 67.9 Å². The largest absolute Gasteiger partial charge is 0.480 e. The first-order valence-electron chi connectivity index (χ1n) is 14.2. The number of hydrogen-bond acceptors (Lipinski definition) is 6. The van der Waals surface area contributed by atoms with Crippen molar-refractivity contribution in [2.75, 3.05) is 13.2 Å². The van der Waals surface area contributed by atoms with Gasteiger partial charge in [0, 0.05) is 30.4 Å². The molecule has 2 aromatic rings. The number of ether oxygens (including phenoxy) is 1. The van der Waals surface area contributed by atoms with Crippen LogP contribution >= 0.6 is 0 Å². The van der Waals surface area contributed by atoms with Crippen molar-refractivity contribution in [2.24, 2.45) is 5.92 Å². The topological polar surface area (TPSA) is 121 Å². The molecule has 214 valence electrons. The van der Waals surface area contributed by atoms with Crippen molar-refractivity contribution in [3.63, 3.8) is 0 Å². The van der Waals surface area contributed by atoms with Crippen molar-refractivity contribution in [2.45, 2.75) is 97.2 Å². The maximum Gasteiger partial charge on any atom is 0.322 e. The molecule has 9 heteroatoms. The second kappa shape index (κ2) is 14.4. The van der Waals surface area contributed by atoms with E-state index < -0.39 is 24.2 Å². The van der Waals surface area contributed by atoms with E-state index in [-0.39, 0.29) is 17.7 Å². The lowest BCUT2D eigenvalue weighted by Gasteiger charge is -2.34. The van der Waals surface area contributed by atoms with Gasteiger partial charge in [-0.3, -0.25) is 24.4 Å². The Balaban J connectivity index is 1.41. The van der Waals surface area contributed by atoms with Crippen molar-refractivity contribution in [3.8, 4) is 0 Å². The maximum absolute atomic E-state index is 12.9. The summed E-state index contributed by atoms with van der Waals surface area (Å²) in [7, 11) is 0. The van der Waals surface area contributed by atoms with Gasteiger partial charge in [0.1, 0.15) is 18.2 Å². The Morgan fingerprint density at radius 3 is 2.56 bits per heavy atom. The number of rotatable bonds is 13. The Bertz CT molecular complexity index is 1140. The Kier molecular flexibility index (Phi) is 11.2. The number of amides is 2. The molecule has 0 unspecified atom stereocenters. The Hall–Kier alpha value is -3.04. The zero-order valence-electron chi connectivity index (χ0n) is 23.9. The fourth-order valence-corrected chi connectivity index (χ4v) is 4.78. The fourth-order valence-electron chi connectivity index (χ4n) is 4.78. The summed E-state index contributed by atoms with van der Waals surface area (Å²) in [4.78, 5) is 41.6. The van der Waals surface area contributed by atoms with E-state index in [0.29, 0.717) is 31.9 Å². The van der Waals surface area contributed by atoms with Crippen LogP contribution in [-0.4, -0.2) is 64.2 Å². The molecule has 1 aromatic heterocycles. The van der Waals surface area contributed by atoms with Gasteiger partial charge < -0.3 is 15.2 Å². The Morgan fingerprint density at radius 2 is 1.87 bits per heavy atom. The number of fused-ring (bicyclic) bond motifs is 1. The first kappa shape index (κ1) is 30.5. The first-order chi connectivity index (χ1) is 18.6. The zero-order chi connectivity index (χ0) is 28.5. The van der Waals surface area contributed by atoms with Crippen molar-refractivity contribution >= 4 is 28.6 Å². The molecule has 2 heterocycles. The van der Waals surface area contributed by atoms with Gasteiger partial charge in [-0.1, -0.05) is 52.3 Å². The zero-order valence-corrected chi connectivity index (χ0v) is 23.9. The molecular formula is C30H44N4O5.